The van der Waals surface area contributed by atoms with Crippen LogP contribution in [0.1, 0.15) is 46.2 Å². The van der Waals surface area contributed by atoms with Gasteiger partial charge in [0.15, 0.2) is 0 Å². The average molecular weight is 387 g/mol. The fraction of sp³-hybridized carbons (Fsp3) is 0.304. The van der Waals surface area contributed by atoms with Gasteiger partial charge in [-0.05, 0) is 50.1 Å². The summed E-state index contributed by atoms with van der Waals surface area (Å²) in [4.78, 5) is 28.5. The van der Waals surface area contributed by atoms with Crippen molar-refractivity contribution >= 4 is 11.6 Å². The molecule has 29 heavy (non-hydrogen) atoms. The lowest BCUT2D eigenvalue weighted by atomic mass is 9.96. The molecule has 6 heteroatoms. The predicted octanol–water partition coefficient (Wildman–Crippen LogP) is 3.81. The summed E-state index contributed by atoms with van der Waals surface area (Å²) in [7, 11) is 0. The zero-order valence-electron chi connectivity index (χ0n) is 16.6. The Bertz CT molecular complexity index is 962. The first-order valence-corrected chi connectivity index (χ1v) is 10.0. The van der Waals surface area contributed by atoms with Gasteiger partial charge in [0.1, 0.15) is 5.82 Å². The molecular weight excluding hydrogens is 362 g/mol. The summed E-state index contributed by atoms with van der Waals surface area (Å²) in [6.07, 6.45) is 7.57. The minimum absolute atomic E-state index is 0.179. The van der Waals surface area contributed by atoms with Gasteiger partial charge in [0.2, 0.25) is 0 Å². The molecule has 0 aliphatic carbocycles. The van der Waals surface area contributed by atoms with Gasteiger partial charge >= 0.3 is 0 Å². The molecule has 1 amide bonds. The number of nitrogens with zero attached hydrogens (tertiary/aromatic N) is 4. The minimum atomic E-state index is -0.179. The fourth-order valence-corrected chi connectivity index (χ4v) is 3.78. The van der Waals surface area contributed by atoms with Gasteiger partial charge < -0.3 is 5.32 Å². The van der Waals surface area contributed by atoms with Crippen LogP contribution in [0.4, 0.5) is 5.69 Å². The second kappa shape index (κ2) is 8.92. The first-order valence-electron chi connectivity index (χ1n) is 10.0. The molecule has 1 aliphatic heterocycles. The van der Waals surface area contributed by atoms with Crippen LogP contribution in [0.15, 0.2) is 61.1 Å². The summed E-state index contributed by atoms with van der Waals surface area (Å²) in [6.45, 7) is 4.76. The Morgan fingerprint density at radius 2 is 2.03 bits per heavy atom. The highest BCUT2D eigenvalue weighted by molar-refractivity contribution is 6.04. The average Bonchev–Trinajstić information content (AvgIpc) is 2.75. The number of amides is 1. The highest BCUT2D eigenvalue weighted by Crippen LogP contribution is 2.26. The summed E-state index contributed by atoms with van der Waals surface area (Å²) in [5.74, 6) is 0.933. The third kappa shape index (κ3) is 4.84. The quantitative estimate of drug-likeness (QED) is 0.721. The monoisotopic (exact) mass is 387 g/mol. The summed E-state index contributed by atoms with van der Waals surface area (Å²) in [6, 6.07) is 13.5. The maximum absolute atomic E-state index is 12.6. The summed E-state index contributed by atoms with van der Waals surface area (Å²) in [5, 5.41) is 2.90. The van der Waals surface area contributed by atoms with Crippen LogP contribution in [0.3, 0.4) is 0 Å². The summed E-state index contributed by atoms with van der Waals surface area (Å²) in [5.41, 5.74) is 3.21. The number of nitrogens with one attached hydrogen (secondary N) is 1. The van der Waals surface area contributed by atoms with E-state index < -0.39 is 0 Å². The Kier molecular flexibility index (Phi) is 5.91. The number of likely N-dealkylation sites (tertiary alicyclic amines) is 1. The van der Waals surface area contributed by atoms with E-state index in [0.29, 0.717) is 11.3 Å². The van der Waals surface area contributed by atoms with E-state index in [2.05, 4.69) is 26.3 Å². The van der Waals surface area contributed by atoms with Crippen molar-refractivity contribution in [1.29, 1.82) is 0 Å². The largest absolute Gasteiger partial charge is 0.322 e. The Morgan fingerprint density at radius 1 is 1.17 bits per heavy atom. The molecule has 0 spiro atoms. The van der Waals surface area contributed by atoms with E-state index in [9.17, 15) is 4.79 Å². The molecule has 0 unspecified atom stereocenters. The van der Waals surface area contributed by atoms with Gasteiger partial charge in [-0.25, -0.2) is 9.97 Å². The minimum Gasteiger partial charge on any atom is -0.322 e. The molecule has 0 saturated carbocycles. The summed E-state index contributed by atoms with van der Waals surface area (Å²) >= 11 is 0. The van der Waals surface area contributed by atoms with Gasteiger partial charge in [-0.1, -0.05) is 24.3 Å². The molecule has 1 fully saturated rings. The Hall–Kier alpha value is -3.12. The maximum atomic E-state index is 12.6. The van der Waals surface area contributed by atoms with E-state index in [-0.39, 0.29) is 11.8 Å². The number of rotatable bonds is 5. The standard InChI is InChI=1S/C23H25N5O/c1-17-21(23(29)27-20-9-3-2-4-10-20)14-25-22(26-17)19-8-6-12-28(16-19)15-18-7-5-11-24-13-18/h2-5,7,9-11,13-14,19H,6,8,12,15-16H2,1H3,(H,27,29)/t19-/m1/s1. The number of carbonyl (C=O) groups excluding carboxylic acids is 1. The Labute approximate surface area is 171 Å². The highest BCUT2D eigenvalue weighted by atomic mass is 16.1. The van der Waals surface area contributed by atoms with Crippen molar-refractivity contribution in [3.05, 3.63) is 83.7 Å². The number of aryl methyl sites for hydroxylation is 1. The Balaban J connectivity index is 1.43. The van der Waals surface area contributed by atoms with Crippen LogP contribution in [0.5, 0.6) is 0 Å². The van der Waals surface area contributed by atoms with Crippen LogP contribution in [0.2, 0.25) is 0 Å². The highest BCUT2D eigenvalue weighted by Gasteiger charge is 2.24. The molecule has 4 rings (SSSR count). The first kappa shape index (κ1) is 19.2. The number of anilines is 1. The van der Waals surface area contributed by atoms with Crippen molar-refractivity contribution in [1.82, 2.24) is 19.9 Å². The molecule has 1 aliphatic rings. The van der Waals surface area contributed by atoms with Gasteiger partial charge in [-0.15, -0.1) is 0 Å². The number of pyridine rings is 1. The molecule has 1 N–H and O–H groups in total. The third-order valence-corrected chi connectivity index (χ3v) is 5.27. The van der Waals surface area contributed by atoms with E-state index in [1.807, 2.05) is 49.5 Å². The van der Waals surface area contributed by atoms with Crippen LogP contribution < -0.4 is 5.32 Å². The number of piperidine rings is 1. The van der Waals surface area contributed by atoms with Gasteiger partial charge in [-0.3, -0.25) is 14.7 Å². The van der Waals surface area contributed by atoms with Crippen molar-refractivity contribution in [3.8, 4) is 0 Å². The molecule has 1 atom stereocenters. The van der Waals surface area contributed by atoms with E-state index >= 15 is 0 Å². The van der Waals surface area contributed by atoms with E-state index in [0.717, 1.165) is 44.0 Å². The van der Waals surface area contributed by atoms with Crippen LogP contribution >= 0.6 is 0 Å². The van der Waals surface area contributed by atoms with E-state index in [1.165, 1.54) is 5.56 Å². The topological polar surface area (TPSA) is 71.0 Å². The number of hydrogen-bond acceptors (Lipinski definition) is 5. The second-order valence-corrected chi connectivity index (χ2v) is 7.48. The molecule has 1 aromatic carbocycles. The molecule has 2 aromatic heterocycles. The van der Waals surface area contributed by atoms with Crippen LogP contribution in [-0.4, -0.2) is 38.8 Å². The van der Waals surface area contributed by atoms with Gasteiger partial charge in [-0.2, -0.15) is 0 Å². The number of benzene rings is 1. The van der Waals surface area contributed by atoms with Crippen molar-refractivity contribution in [2.45, 2.75) is 32.2 Å². The first-order chi connectivity index (χ1) is 14.2. The van der Waals surface area contributed by atoms with Crippen molar-refractivity contribution in [2.75, 3.05) is 18.4 Å². The van der Waals surface area contributed by atoms with Crippen molar-refractivity contribution in [3.63, 3.8) is 0 Å². The smallest absolute Gasteiger partial charge is 0.259 e. The number of aromatic nitrogens is 3. The van der Waals surface area contributed by atoms with Gasteiger partial charge in [0.05, 0.1) is 11.3 Å². The number of para-hydroxylation sites is 1. The van der Waals surface area contributed by atoms with Gasteiger partial charge in [0, 0.05) is 43.3 Å². The third-order valence-electron chi connectivity index (χ3n) is 5.27. The molecule has 3 heterocycles. The molecule has 6 nitrogen and oxygen atoms in total. The summed E-state index contributed by atoms with van der Waals surface area (Å²) < 4.78 is 0. The lowest BCUT2D eigenvalue weighted by molar-refractivity contribution is 0.102. The SMILES string of the molecule is Cc1nc([C@@H]2CCCN(Cc3cccnc3)C2)ncc1C(=O)Nc1ccccc1. The second-order valence-electron chi connectivity index (χ2n) is 7.48. The number of carbonyl (C=O) groups is 1. The van der Waals surface area contributed by atoms with Crippen molar-refractivity contribution < 1.29 is 4.79 Å². The zero-order valence-corrected chi connectivity index (χ0v) is 16.6. The van der Waals surface area contributed by atoms with E-state index in [4.69, 9.17) is 4.98 Å². The van der Waals surface area contributed by atoms with Gasteiger partial charge in [0.25, 0.3) is 5.91 Å². The number of hydrogen-bond donors (Lipinski definition) is 1. The van der Waals surface area contributed by atoms with Crippen LogP contribution in [0, 0.1) is 6.92 Å². The van der Waals surface area contributed by atoms with Crippen LogP contribution in [0.25, 0.3) is 0 Å². The zero-order chi connectivity index (χ0) is 20.1. The lowest BCUT2D eigenvalue weighted by Crippen LogP contribution is -2.34. The Morgan fingerprint density at radius 3 is 2.79 bits per heavy atom. The molecule has 148 valence electrons. The van der Waals surface area contributed by atoms with E-state index in [1.54, 1.807) is 12.4 Å². The molecular formula is C23H25N5O. The molecule has 0 bridgehead atoms. The molecule has 0 radical (unpaired) electrons. The predicted molar refractivity (Wildman–Crippen MR) is 113 cm³/mol. The normalized spacial score (nSPS) is 17.1. The van der Waals surface area contributed by atoms with Crippen LogP contribution in [-0.2, 0) is 6.54 Å². The van der Waals surface area contributed by atoms with Crippen molar-refractivity contribution in [2.24, 2.45) is 0 Å². The maximum Gasteiger partial charge on any atom is 0.259 e. The lowest BCUT2D eigenvalue weighted by Gasteiger charge is -2.32. The fourth-order valence-electron chi connectivity index (χ4n) is 3.78. The molecule has 1 saturated heterocycles. The molecule has 3 aromatic rings.